The Morgan fingerprint density at radius 3 is 2.89 bits per heavy atom. The highest BCUT2D eigenvalue weighted by atomic mass is 32.1. The van der Waals surface area contributed by atoms with Crippen LogP contribution in [-0.4, -0.2) is 26.1 Å². The summed E-state index contributed by atoms with van der Waals surface area (Å²) < 4.78 is 5.48. The van der Waals surface area contributed by atoms with Crippen molar-refractivity contribution in [2.75, 3.05) is 25.5 Å². The molecule has 1 aromatic heterocycles. The highest BCUT2D eigenvalue weighted by Crippen LogP contribution is 2.38. The maximum absolute atomic E-state index is 12.4. The predicted octanol–water partition coefficient (Wildman–Crippen LogP) is 2.33. The second-order valence-corrected chi connectivity index (χ2v) is 7.88. The first kappa shape index (κ1) is 19.2. The molecule has 0 spiro atoms. The Morgan fingerprint density at radius 1 is 1.41 bits per heavy atom. The van der Waals surface area contributed by atoms with Crippen LogP contribution in [0.2, 0.25) is 0 Å². The minimum absolute atomic E-state index is 0.0603. The van der Waals surface area contributed by atoms with Gasteiger partial charge in [0.15, 0.2) is 6.54 Å². The van der Waals surface area contributed by atoms with E-state index < -0.39 is 0 Å². The molecule has 5 nitrogen and oxygen atoms in total. The summed E-state index contributed by atoms with van der Waals surface area (Å²) in [6, 6.07) is 10.1. The first-order valence-electron chi connectivity index (χ1n) is 9.09. The molecular weight excluding hydrogens is 358 g/mol. The highest BCUT2D eigenvalue weighted by Gasteiger charge is 2.23. The molecule has 2 N–H and O–H groups in total. The molecule has 1 atom stereocenters. The van der Waals surface area contributed by atoms with Crippen molar-refractivity contribution in [3.8, 4) is 11.8 Å². The van der Waals surface area contributed by atoms with Crippen LogP contribution in [0.1, 0.15) is 28.0 Å². The molecule has 1 aliphatic carbocycles. The lowest BCUT2D eigenvalue weighted by molar-refractivity contribution is -0.885. The number of fused-ring (bicyclic) bond motifs is 1. The van der Waals surface area contributed by atoms with Gasteiger partial charge in [-0.25, -0.2) is 0 Å². The Balaban J connectivity index is 1.54. The summed E-state index contributed by atoms with van der Waals surface area (Å²) in [4.78, 5) is 14.7. The van der Waals surface area contributed by atoms with Crippen molar-refractivity contribution in [3.63, 3.8) is 0 Å². The largest absolute Gasteiger partial charge is 0.490 e. The van der Waals surface area contributed by atoms with Crippen LogP contribution in [0.25, 0.3) is 0 Å². The van der Waals surface area contributed by atoms with E-state index >= 15 is 0 Å². The number of amides is 1. The summed E-state index contributed by atoms with van der Waals surface area (Å²) in [7, 11) is 1.99. The number of hydrogen-bond donors (Lipinski definition) is 2. The zero-order chi connectivity index (χ0) is 19.2. The zero-order valence-electron chi connectivity index (χ0n) is 15.5. The minimum atomic E-state index is -0.0603. The van der Waals surface area contributed by atoms with Crippen molar-refractivity contribution in [3.05, 3.63) is 58.5 Å². The van der Waals surface area contributed by atoms with Crippen LogP contribution in [0.15, 0.2) is 36.9 Å². The van der Waals surface area contributed by atoms with E-state index in [9.17, 15) is 10.1 Å². The SMILES string of the molecule is C=CCOc1ccc(C[NH+](C)CC(=O)Nc2sc3c(c2C#N)CCC3)cc1. The molecule has 0 saturated heterocycles. The van der Waals surface area contributed by atoms with Crippen LogP contribution in [0.3, 0.4) is 0 Å². The summed E-state index contributed by atoms with van der Waals surface area (Å²) in [6.07, 6.45) is 4.78. The second-order valence-electron chi connectivity index (χ2n) is 6.78. The molecule has 0 bridgehead atoms. The molecule has 1 amide bonds. The molecule has 3 rings (SSSR count). The fraction of sp³-hybridized carbons (Fsp3) is 0.333. The van der Waals surface area contributed by atoms with E-state index in [0.717, 1.165) is 47.6 Å². The Kier molecular flexibility index (Phi) is 6.28. The summed E-state index contributed by atoms with van der Waals surface area (Å²) in [5, 5.41) is 13.1. The molecule has 6 heteroatoms. The van der Waals surface area contributed by atoms with E-state index in [1.807, 2.05) is 31.3 Å². The van der Waals surface area contributed by atoms with Crippen LogP contribution < -0.4 is 15.0 Å². The van der Waals surface area contributed by atoms with Crippen molar-refractivity contribution in [2.24, 2.45) is 0 Å². The molecule has 1 unspecified atom stereocenters. The third kappa shape index (κ3) is 4.76. The highest BCUT2D eigenvalue weighted by molar-refractivity contribution is 7.16. The number of nitrogens with one attached hydrogen (secondary N) is 2. The average Bonchev–Trinajstić information content (AvgIpc) is 3.21. The fourth-order valence-electron chi connectivity index (χ4n) is 3.33. The molecule has 0 aliphatic heterocycles. The van der Waals surface area contributed by atoms with Gasteiger partial charge in [0.1, 0.15) is 30.0 Å². The quantitative estimate of drug-likeness (QED) is 0.689. The van der Waals surface area contributed by atoms with E-state index in [4.69, 9.17) is 4.74 Å². The Morgan fingerprint density at radius 2 is 2.19 bits per heavy atom. The lowest BCUT2D eigenvalue weighted by Gasteiger charge is -2.14. The van der Waals surface area contributed by atoms with Gasteiger partial charge in [-0.3, -0.25) is 4.79 Å². The van der Waals surface area contributed by atoms with Gasteiger partial charge in [-0.1, -0.05) is 12.7 Å². The first-order chi connectivity index (χ1) is 13.1. The number of likely N-dealkylation sites (N-methyl/N-ethyl adjacent to an activating group) is 1. The number of benzene rings is 1. The number of aryl methyl sites for hydroxylation is 1. The molecule has 0 fully saturated rings. The number of quaternary nitrogens is 1. The molecular formula is C21H24N3O2S+. The second kappa shape index (κ2) is 8.85. The lowest BCUT2D eigenvalue weighted by Crippen LogP contribution is -3.08. The number of carbonyl (C=O) groups is 1. The van der Waals surface area contributed by atoms with E-state index in [2.05, 4.69) is 18.0 Å². The van der Waals surface area contributed by atoms with Gasteiger partial charge in [0, 0.05) is 10.4 Å². The van der Waals surface area contributed by atoms with E-state index in [0.29, 0.717) is 23.7 Å². The number of carbonyl (C=O) groups excluding carboxylic acids is 1. The molecule has 2 aromatic rings. The van der Waals surface area contributed by atoms with Gasteiger partial charge in [0.2, 0.25) is 0 Å². The monoisotopic (exact) mass is 382 g/mol. The van der Waals surface area contributed by atoms with Crippen LogP contribution >= 0.6 is 11.3 Å². The maximum Gasteiger partial charge on any atom is 0.280 e. The van der Waals surface area contributed by atoms with Crippen LogP contribution in [0.5, 0.6) is 5.75 Å². The fourth-order valence-corrected chi connectivity index (χ4v) is 4.58. The van der Waals surface area contributed by atoms with E-state index in [1.54, 1.807) is 17.4 Å². The number of thiophene rings is 1. The van der Waals surface area contributed by atoms with Crippen molar-refractivity contribution in [1.29, 1.82) is 5.26 Å². The zero-order valence-corrected chi connectivity index (χ0v) is 16.3. The van der Waals surface area contributed by atoms with Gasteiger partial charge in [0.25, 0.3) is 5.91 Å². The number of nitrogens with zero attached hydrogens (tertiary/aromatic N) is 1. The first-order valence-corrected chi connectivity index (χ1v) is 9.90. The number of hydrogen-bond acceptors (Lipinski definition) is 4. The van der Waals surface area contributed by atoms with Crippen molar-refractivity contribution < 1.29 is 14.4 Å². The molecule has 1 heterocycles. The number of nitriles is 1. The smallest absolute Gasteiger partial charge is 0.280 e. The topological polar surface area (TPSA) is 66.6 Å². The molecule has 1 aliphatic rings. The van der Waals surface area contributed by atoms with E-state index in [-0.39, 0.29) is 5.91 Å². The number of ether oxygens (including phenoxy) is 1. The number of rotatable bonds is 8. The van der Waals surface area contributed by atoms with Crippen molar-refractivity contribution in [2.45, 2.75) is 25.8 Å². The van der Waals surface area contributed by atoms with Gasteiger partial charge in [-0.2, -0.15) is 5.26 Å². The van der Waals surface area contributed by atoms with Crippen LogP contribution in [-0.2, 0) is 24.2 Å². The van der Waals surface area contributed by atoms with Gasteiger partial charge < -0.3 is 15.0 Å². The predicted molar refractivity (Wildman–Crippen MR) is 107 cm³/mol. The maximum atomic E-state index is 12.4. The normalized spacial score (nSPS) is 13.5. The summed E-state index contributed by atoms with van der Waals surface area (Å²) in [5.74, 6) is 0.749. The molecule has 0 radical (unpaired) electrons. The molecule has 0 saturated carbocycles. The molecule has 140 valence electrons. The third-order valence-electron chi connectivity index (χ3n) is 4.55. The minimum Gasteiger partial charge on any atom is -0.490 e. The van der Waals surface area contributed by atoms with Gasteiger partial charge in [-0.05, 0) is 49.1 Å². The van der Waals surface area contributed by atoms with Gasteiger partial charge in [0.05, 0.1) is 12.6 Å². The molecule has 27 heavy (non-hydrogen) atoms. The van der Waals surface area contributed by atoms with Crippen LogP contribution in [0, 0.1) is 11.3 Å². The Bertz CT molecular complexity index is 865. The van der Waals surface area contributed by atoms with Crippen LogP contribution in [0.4, 0.5) is 5.00 Å². The summed E-state index contributed by atoms with van der Waals surface area (Å²) >= 11 is 1.56. The Labute approximate surface area is 163 Å². The average molecular weight is 383 g/mol. The third-order valence-corrected chi connectivity index (χ3v) is 5.75. The van der Waals surface area contributed by atoms with E-state index in [1.165, 1.54) is 4.88 Å². The van der Waals surface area contributed by atoms with Gasteiger partial charge >= 0.3 is 0 Å². The summed E-state index contributed by atoms with van der Waals surface area (Å²) in [5.41, 5.74) is 2.94. The number of anilines is 1. The summed E-state index contributed by atoms with van der Waals surface area (Å²) in [6.45, 7) is 5.21. The lowest BCUT2D eigenvalue weighted by atomic mass is 10.1. The van der Waals surface area contributed by atoms with Crippen molar-refractivity contribution >= 4 is 22.2 Å². The van der Waals surface area contributed by atoms with Gasteiger partial charge in [-0.15, -0.1) is 11.3 Å². The standard InChI is InChI=1S/C21H23N3O2S/c1-3-11-26-16-9-7-15(8-10-16)13-24(2)14-20(25)23-21-18(12-22)17-5-4-6-19(17)27-21/h3,7-10H,1,4-6,11,13-14H2,2H3,(H,23,25)/p+1. The Hall–Kier alpha value is -2.62. The van der Waals surface area contributed by atoms with Crippen molar-refractivity contribution in [1.82, 2.24) is 0 Å². The molecule has 1 aromatic carbocycles.